The molecule has 51 heavy (non-hydrogen) atoms. The number of anilines is 1. The van der Waals surface area contributed by atoms with Gasteiger partial charge < -0.3 is 24.6 Å². The minimum absolute atomic E-state index is 0.00902. The van der Waals surface area contributed by atoms with Crippen molar-refractivity contribution in [2.24, 2.45) is 5.16 Å². The fourth-order valence-corrected chi connectivity index (χ4v) is 7.62. The van der Waals surface area contributed by atoms with Crippen molar-refractivity contribution < 1.29 is 36.7 Å². The quantitative estimate of drug-likeness (QED) is 0.0591. The van der Waals surface area contributed by atoms with Crippen LogP contribution in [-0.4, -0.2) is 66.6 Å². The maximum atomic E-state index is 16.5. The Morgan fingerprint density at radius 1 is 1.18 bits per heavy atom. The van der Waals surface area contributed by atoms with Crippen LogP contribution in [0.4, 0.5) is 28.0 Å². The summed E-state index contributed by atoms with van der Waals surface area (Å²) in [7, 11) is -2.09. The van der Waals surface area contributed by atoms with E-state index >= 15 is 4.39 Å². The van der Waals surface area contributed by atoms with Gasteiger partial charge in [-0.15, -0.1) is 0 Å². The van der Waals surface area contributed by atoms with Gasteiger partial charge in [0.1, 0.15) is 16.3 Å². The number of hydrogen-bond acceptors (Lipinski definition) is 7. The summed E-state index contributed by atoms with van der Waals surface area (Å²) in [6.07, 6.45) is -2.79. The van der Waals surface area contributed by atoms with Crippen LogP contribution in [0, 0.1) is 12.7 Å². The Morgan fingerprint density at radius 2 is 1.84 bits per heavy atom. The molecule has 4 rings (SSSR count). The van der Waals surface area contributed by atoms with Crippen molar-refractivity contribution in [3.8, 4) is 11.1 Å². The summed E-state index contributed by atoms with van der Waals surface area (Å²) in [5, 5.41) is 15.6. The van der Waals surface area contributed by atoms with Crippen molar-refractivity contribution >= 4 is 60.4 Å². The molecule has 1 saturated heterocycles. The molecule has 0 saturated carbocycles. The van der Waals surface area contributed by atoms with Crippen molar-refractivity contribution in [3.63, 3.8) is 0 Å². The average Bonchev–Trinajstić information content (AvgIpc) is 2.97. The number of halogens is 6. The molecule has 1 amide bonds. The Morgan fingerprint density at radius 3 is 2.43 bits per heavy atom. The van der Waals surface area contributed by atoms with Gasteiger partial charge in [0.25, 0.3) is 0 Å². The first-order chi connectivity index (χ1) is 23.5. The van der Waals surface area contributed by atoms with Crippen LogP contribution in [0.3, 0.4) is 0 Å². The van der Waals surface area contributed by atoms with Crippen molar-refractivity contribution in [2.45, 2.75) is 110 Å². The predicted octanol–water partition coefficient (Wildman–Crippen LogP) is 11.1. The summed E-state index contributed by atoms with van der Waals surface area (Å²) in [5.74, 6) is -1.09. The molecule has 2 aromatic carbocycles. The number of carbonyl (C=O) groups is 1. The second-order valence-corrected chi connectivity index (χ2v) is 21.0. The predicted molar refractivity (Wildman–Crippen MR) is 197 cm³/mol. The van der Waals surface area contributed by atoms with Crippen LogP contribution in [-0.2, 0) is 15.3 Å². The minimum atomic E-state index is -4.79. The highest BCUT2D eigenvalue weighted by molar-refractivity contribution is 6.74. The van der Waals surface area contributed by atoms with Crippen LogP contribution in [0.25, 0.3) is 22.0 Å². The van der Waals surface area contributed by atoms with E-state index in [1.54, 1.807) is 25.7 Å². The number of likely N-dealkylation sites (tertiary alicyclic amines) is 1. The maximum Gasteiger partial charge on any atom is 0.417 e. The zero-order valence-corrected chi connectivity index (χ0v) is 32.9. The van der Waals surface area contributed by atoms with Gasteiger partial charge in [0, 0.05) is 36.2 Å². The zero-order valence-electron chi connectivity index (χ0n) is 30.4. The lowest BCUT2D eigenvalue weighted by Crippen LogP contribution is -2.51. The molecule has 0 radical (unpaired) electrons. The fourth-order valence-electron chi connectivity index (χ4n) is 6.03. The van der Waals surface area contributed by atoms with Gasteiger partial charge >= 0.3 is 12.3 Å². The largest absolute Gasteiger partial charge is 0.444 e. The smallest absolute Gasteiger partial charge is 0.417 e. The number of aryl methyl sites for hydroxylation is 1. The van der Waals surface area contributed by atoms with Gasteiger partial charge in [0.05, 0.1) is 28.1 Å². The lowest BCUT2D eigenvalue weighted by molar-refractivity contribution is -0.137. The Bertz CT molecular complexity index is 1810. The van der Waals surface area contributed by atoms with E-state index in [4.69, 9.17) is 32.4 Å². The summed E-state index contributed by atoms with van der Waals surface area (Å²) < 4.78 is 71.2. The number of benzene rings is 2. The molecule has 15 heteroatoms. The topological polar surface area (TPSA) is 96.3 Å². The Labute approximate surface area is 307 Å². The molecule has 2 atom stereocenters. The third-order valence-corrected chi connectivity index (χ3v) is 14.7. The molecule has 8 nitrogen and oxygen atoms in total. The number of ether oxygens (including phenoxy) is 1. The van der Waals surface area contributed by atoms with Gasteiger partial charge in [-0.1, -0.05) is 67.3 Å². The van der Waals surface area contributed by atoms with Crippen molar-refractivity contribution in [1.82, 2.24) is 9.88 Å². The van der Waals surface area contributed by atoms with E-state index in [0.717, 1.165) is 12.3 Å². The highest BCUT2D eigenvalue weighted by atomic mass is 35.5. The van der Waals surface area contributed by atoms with Crippen LogP contribution >= 0.6 is 23.2 Å². The SMILES string of the molecule is Cc1cccc(-c2c(Cl)cc3c(N[C@H]4CCN(C(=O)OC(C)(C)C)[C@H](CCO[Si](C)(C)C(C)(C)C)C4)c(/C=N/O)c(Cl)nc3c2F)c1C(F)(F)F. The van der Waals surface area contributed by atoms with E-state index in [2.05, 4.69) is 49.3 Å². The highest BCUT2D eigenvalue weighted by Crippen LogP contribution is 2.46. The van der Waals surface area contributed by atoms with Crippen LogP contribution in [0.2, 0.25) is 28.3 Å². The Balaban J connectivity index is 1.77. The van der Waals surface area contributed by atoms with Gasteiger partial charge in [0.15, 0.2) is 14.1 Å². The van der Waals surface area contributed by atoms with E-state index in [1.807, 2.05) is 0 Å². The third kappa shape index (κ3) is 9.09. The lowest BCUT2D eigenvalue weighted by atomic mass is 9.93. The molecule has 1 fully saturated rings. The molecule has 0 aliphatic carbocycles. The van der Waals surface area contributed by atoms with Crippen molar-refractivity contribution in [1.29, 1.82) is 0 Å². The number of piperidine rings is 1. The number of amides is 1. The second kappa shape index (κ2) is 15.1. The molecule has 280 valence electrons. The number of pyridine rings is 1. The molecule has 1 aliphatic heterocycles. The summed E-state index contributed by atoms with van der Waals surface area (Å²) >= 11 is 13.1. The first kappa shape index (κ1) is 40.6. The standard InChI is InChI=1S/C36H46Cl2F4N4O4Si/c1-20-11-10-12-23(28(20)36(40,41)42)27-26(37)18-24-30(25(19-43-48)32(38)45-31(24)29(27)39)44-21-13-15-46(33(47)50-34(2,3)4)22(17-21)14-16-49-51(8,9)35(5,6)7/h10-12,18-19,21-22,48H,13-17H2,1-9H3,(H,44,45)/b43-19+/t21-,22+/m0/s1. The van der Waals surface area contributed by atoms with E-state index < -0.39 is 48.7 Å². The van der Waals surface area contributed by atoms with Crippen molar-refractivity contribution in [3.05, 3.63) is 56.9 Å². The van der Waals surface area contributed by atoms with Gasteiger partial charge in [0.2, 0.25) is 0 Å². The van der Waals surface area contributed by atoms with E-state index in [-0.39, 0.29) is 55.0 Å². The highest BCUT2D eigenvalue weighted by Gasteiger charge is 2.40. The summed E-state index contributed by atoms with van der Waals surface area (Å²) in [6.45, 7) is 18.2. The first-order valence-electron chi connectivity index (χ1n) is 16.7. The summed E-state index contributed by atoms with van der Waals surface area (Å²) in [5.41, 5.74) is -2.70. The molecular weight excluding hydrogens is 727 g/mol. The lowest BCUT2D eigenvalue weighted by Gasteiger charge is -2.42. The molecular formula is C36H46Cl2F4N4O4Si. The van der Waals surface area contributed by atoms with Gasteiger partial charge in [-0.2, -0.15) is 13.2 Å². The normalized spacial score (nSPS) is 17.7. The van der Waals surface area contributed by atoms with E-state index in [1.165, 1.54) is 25.1 Å². The van der Waals surface area contributed by atoms with Crippen LogP contribution in [0.15, 0.2) is 29.4 Å². The molecule has 2 N–H and O–H groups in total. The molecule has 2 heterocycles. The van der Waals surface area contributed by atoms with E-state index in [0.29, 0.717) is 32.4 Å². The number of oxime groups is 1. The fraction of sp³-hybridized carbons (Fsp3) is 0.528. The molecule has 0 unspecified atom stereocenters. The number of aromatic nitrogens is 1. The van der Waals surface area contributed by atoms with Gasteiger partial charge in [-0.05, 0) is 82.3 Å². The van der Waals surface area contributed by atoms with Crippen molar-refractivity contribution in [2.75, 3.05) is 18.5 Å². The first-order valence-corrected chi connectivity index (χ1v) is 20.4. The number of nitrogens with one attached hydrogen (secondary N) is 1. The summed E-state index contributed by atoms with van der Waals surface area (Å²) in [6, 6.07) is 4.56. The molecule has 1 aliphatic rings. The Hall–Kier alpha value is -3.13. The maximum absolute atomic E-state index is 16.5. The van der Waals surface area contributed by atoms with Crippen LogP contribution in [0.1, 0.15) is 77.5 Å². The summed E-state index contributed by atoms with van der Waals surface area (Å²) in [4.78, 5) is 19.2. The minimum Gasteiger partial charge on any atom is -0.444 e. The second-order valence-electron chi connectivity index (χ2n) is 15.5. The van der Waals surface area contributed by atoms with Gasteiger partial charge in [-0.3, -0.25) is 0 Å². The van der Waals surface area contributed by atoms with Gasteiger partial charge in [-0.25, -0.2) is 14.2 Å². The molecule has 0 spiro atoms. The van der Waals surface area contributed by atoms with Crippen LogP contribution in [0.5, 0.6) is 0 Å². The number of nitrogens with zero attached hydrogens (tertiary/aromatic N) is 3. The monoisotopic (exact) mass is 772 g/mol. The number of rotatable bonds is 8. The number of hydrogen-bond donors (Lipinski definition) is 2. The Kier molecular flexibility index (Phi) is 12.0. The number of carbonyl (C=O) groups excluding carboxylic acids is 1. The molecule has 0 bridgehead atoms. The third-order valence-electron chi connectivity index (χ3n) is 9.59. The zero-order chi connectivity index (χ0) is 38.3. The van der Waals surface area contributed by atoms with E-state index in [9.17, 15) is 23.2 Å². The van der Waals surface area contributed by atoms with Crippen LogP contribution < -0.4 is 5.32 Å². The number of fused-ring (bicyclic) bond motifs is 1. The average molecular weight is 774 g/mol. The molecule has 1 aromatic heterocycles. The number of alkyl halides is 3. The molecule has 3 aromatic rings.